The number of benzene rings is 2. The fraction of sp³-hybridized carbons (Fsp3) is 0.350. The van der Waals surface area contributed by atoms with Gasteiger partial charge in [0.2, 0.25) is 10.0 Å². The number of carbonyl (C=O) groups is 1. The molecule has 2 unspecified atom stereocenters. The topological polar surface area (TPSA) is 84.9 Å². The van der Waals surface area contributed by atoms with Crippen molar-refractivity contribution >= 4 is 21.6 Å². The average molecular weight is 407 g/mol. The SMILES string of the molecule is COc1ccc(C(C)NC(=O)C(C)Oc2ccc(N(C)S(C)(=O)=O)cc2)cc1. The predicted molar refractivity (Wildman–Crippen MR) is 109 cm³/mol. The lowest BCUT2D eigenvalue weighted by molar-refractivity contribution is -0.127. The Kier molecular flexibility index (Phi) is 6.90. The van der Waals surface area contributed by atoms with Crippen LogP contribution in [0.1, 0.15) is 25.5 Å². The van der Waals surface area contributed by atoms with Gasteiger partial charge in [0.05, 0.1) is 25.1 Å². The van der Waals surface area contributed by atoms with Crippen LogP contribution in [0.25, 0.3) is 0 Å². The van der Waals surface area contributed by atoms with Crippen LogP contribution in [0, 0.1) is 0 Å². The number of carbonyl (C=O) groups excluding carboxylic acids is 1. The molecular weight excluding hydrogens is 380 g/mol. The second-order valence-electron chi connectivity index (χ2n) is 6.49. The van der Waals surface area contributed by atoms with Crippen molar-refractivity contribution in [3.05, 3.63) is 54.1 Å². The molecule has 0 saturated carbocycles. The second-order valence-corrected chi connectivity index (χ2v) is 8.50. The second kappa shape index (κ2) is 8.97. The number of nitrogens with zero attached hydrogens (tertiary/aromatic N) is 1. The molecule has 2 rings (SSSR count). The minimum atomic E-state index is -3.33. The van der Waals surface area contributed by atoms with E-state index in [0.29, 0.717) is 11.4 Å². The Labute approximate surface area is 166 Å². The maximum Gasteiger partial charge on any atom is 0.261 e. The van der Waals surface area contributed by atoms with E-state index in [1.54, 1.807) is 38.3 Å². The van der Waals surface area contributed by atoms with Crippen LogP contribution < -0.4 is 19.1 Å². The summed E-state index contributed by atoms with van der Waals surface area (Å²) < 4.78 is 35.1. The van der Waals surface area contributed by atoms with Gasteiger partial charge in [0.15, 0.2) is 6.10 Å². The van der Waals surface area contributed by atoms with Crippen LogP contribution in [0.5, 0.6) is 11.5 Å². The largest absolute Gasteiger partial charge is 0.497 e. The first-order chi connectivity index (χ1) is 13.1. The Bertz CT molecular complexity index is 895. The van der Waals surface area contributed by atoms with E-state index in [2.05, 4.69) is 5.32 Å². The van der Waals surface area contributed by atoms with Gasteiger partial charge in [0.25, 0.3) is 5.91 Å². The highest BCUT2D eigenvalue weighted by Gasteiger charge is 2.18. The summed E-state index contributed by atoms with van der Waals surface area (Å²) >= 11 is 0. The number of methoxy groups -OCH3 is 1. The van der Waals surface area contributed by atoms with Gasteiger partial charge in [0, 0.05) is 7.05 Å². The first-order valence-corrected chi connectivity index (χ1v) is 10.6. The van der Waals surface area contributed by atoms with Crippen LogP contribution in [-0.2, 0) is 14.8 Å². The zero-order chi connectivity index (χ0) is 20.9. The molecule has 0 fully saturated rings. The Morgan fingerprint density at radius 1 is 1.00 bits per heavy atom. The van der Waals surface area contributed by atoms with Crippen LogP contribution in [0.2, 0.25) is 0 Å². The number of sulfonamides is 1. The maximum atomic E-state index is 12.4. The van der Waals surface area contributed by atoms with Crippen LogP contribution in [-0.4, -0.2) is 40.8 Å². The highest BCUT2D eigenvalue weighted by molar-refractivity contribution is 7.92. The van der Waals surface area contributed by atoms with E-state index in [0.717, 1.165) is 17.6 Å². The Morgan fingerprint density at radius 3 is 2.04 bits per heavy atom. The molecule has 0 aliphatic heterocycles. The van der Waals surface area contributed by atoms with Gasteiger partial charge in [-0.3, -0.25) is 9.10 Å². The molecule has 1 amide bonds. The Balaban J connectivity index is 1.96. The van der Waals surface area contributed by atoms with Crippen molar-refractivity contribution in [2.75, 3.05) is 24.7 Å². The highest BCUT2D eigenvalue weighted by atomic mass is 32.2. The molecule has 0 saturated heterocycles. The molecule has 0 aliphatic rings. The van der Waals surface area contributed by atoms with Gasteiger partial charge in [-0.2, -0.15) is 0 Å². The minimum absolute atomic E-state index is 0.185. The van der Waals surface area contributed by atoms with Gasteiger partial charge in [-0.05, 0) is 55.8 Å². The number of anilines is 1. The summed E-state index contributed by atoms with van der Waals surface area (Å²) in [7, 11) is -0.253. The number of ether oxygens (including phenoxy) is 2. The summed E-state index contributed by atoms with van der Waals surface area (Å²) in [6, 6.07) is 13.8. The number of rotatable bonds is 8. The zero-order valence-corrected chi connectivity index (χ0v) is 17.5. The van der Waals surface area contributed by atoms with Crippen LogP contribution in [0.3, 0.4) is 0 Å². The van der Waals surface area contributed by atoms with Crippen molar-refractivity contribution in [1.29, 1.82) is 0 Å². The maximum absolute atomic E-state index is 12.4. The van der Waals surface area contributed by atoms with Crippen molar-refractivity contribution in [3.8, 4) is 11.5 Å². The predicted octanol–water partition coefficient (Wildman–Crippen LogP) is 2.74. The smallest absolute Gasteiger partial charge is 0.261 e. The van der Waals surface area contributed by atoms with E-state index in [-0.39, 0.29) is 11.9 Å². The highest BCUT2D eigenvalue weighted by Crippen LogP contribution is 2.21. The number of nitrogens with one attached hydrogen (secondary N) is 1. The first-order valence-electron chi connectivity index (χ1n) is 8.76. The van der Waals surface area contributed by atoms with Crippen molar-refractivity contribution in [1.82, 2.24) is 5.32 Å². The molecule has 1 N–H and O–H groups in total. The summed E-state index contributed by atoms with van der Waals surface area (Å²) in [4.78, 5) is 12.4. The van der Waals surface area contributed by atoms with Crippen LogP contribution in [0.15, 0.2) is 48.5 Å². The fourth-order valence-corrected chi connectivity index (χ4v) is 3.00. The molecule has 0 spiro atoms. The van der Waals surface area contributed by atoms with Gasteiger partial charge >= 0.3 is 0 Å². The molecule has 0 aliphatic carbocycles. The van der Waals surface area contributed by atoms with Crippen LogP contribution in [0.4, 0.5) is 5.69 Å². The van der Waals surface area contributed by atoms with Crippen molar-refractivity contribution < 1.29 is 22.7 Å². The third-order valence-corrected chi connectivity index (χ3v) is 5.56. The van der Waals surface area contributed by atoms with E-state index in [9.17, 15) is 13.2 Å². The minimum Gasteiger partial charge on any atom is -0.497 e. The van der Waals surface area contributed by atoms with Gasteiger partial charge in [-0.15, -0.1) is 0 Å². The standard InChI is InChI=1S/C20H26N2O5S/c1-14(16-6-10-18(26-4)11-7-16)21-20(23)15(2)27-19-12-8-17(9-13-19)22(3)28(5,24)25/h6-15H,1-5H3,(H,21,23). The molecular formula is C20H26N2O5S. The van der Waals surface area contributed by atoms with Crippen molar-refractivity contribution in [2.45, 2.75) is 26.0 Å². The number of hydrogen-bond acceptors (Lipinski definition) is 5. The number of hydrogen-bond donors (Lipinski definition) is 1. The molecule has 2 aromatic carbocycles. The van der Waals surface area contributed by atoms with Gasteiger partial charge < -0.3 is 14.8 Å². The molecule has 28 heavy (non-hydrogen) atoms. The Morgan fingerprint density at radius 2 is 1.54 bits per heavy atom. The molecule has 7 nitrogen and oxygen atoms in total. The zero-order valence-electron chi connectivity index (χ0n) is 16.7. The molecule has 0 bridgehead atoms. The summed E-state index contributed by atoms with van der Waals surface area (Å²) in [6.07, 6.45) is 0.424. The van der Waals surface area contributed by atoms with Gasteiger partial charge in [-0.25, -0.2) is 8.42 Å². The lowest BCUT2D eigenvalue weighted by atomic mass is 10.1. The van der Waals surface area contributed by atoms with Crippen molar-refractivity contribution in [3.63, 3.8) is 0 Å². The van der Waals surface area contributed by atoms with E-state index in [1.807, 2.05) is 31.2 Å². The van der Waals surface area contributed by atoms with E-state index >= 15 is 0 Å². The molecule has 0 heterocycles. The Hall–Kier alpha value is -2.74. The van der Waals surface area contributed by atoms with E-state index < -0.39 is 16.1 Å². The van der Waals surface area contributed by atoms with Crippen molar-refractivity contribution in [2.24, 2.45) is 0 Å². The molecule has 2 aromatic rings. The summed E-state index contributed by atoms with van der Waals surface area (Å²) in [6.45, 7) is 3.55. The third-order valence-electron chi connectivity index (χ3n) is 4.35. The lowest BCUT2D eigenvalue weighted by Crippen LogP contribution is -2.37. The summed E-state index contributed by atoms with van der Waals surface area (Å²) in [5.74, 6) is 0.981. The van der Waals surface area contributed by atoms with E-state index in [4.69, 9.17) is 9.47 Å². The molecule has 2 atom stereocenters. The summed E-state index contributed by atoms with van der Waals surface area (Å²) in [5, 5.41) is 2.91. The molecule has 8 heteroatoms. The monoisotopic (exact) mass is 406 g/mol. The van der Waals surface area contributed by atoms with Gasteiger partial charge in [0.1, 0.15) is 11.5 Å². The number of amides is 1. The first kappa shape index (κ1) is 21.6. The lowest BCUT2D eigenvalue weighted by Gasteiger charge is -2.20. The fourth-order valence-electron chi connectivity index (χ4n) is 2.49. The van der Waals surface area contributed by atoms with Gasteiger partial charge in [-0.1, -0.05) is 12.1 Å². The molecule has 152 valence electrons. The third kappa shape index (κ3) is 5.63. The average Bonchev–Trinajstić information content (AvgIpc) is 2.67. The summed E-state index contributed by atoms with van der Waals surface area (Å²) in [5.41, 5.74) is 1.47. The molecule has 0 radical (unpaired) electrons. The van der Waals surface area contributed by atoms with E-state index in [1.165, 1.54) is 11.4 Å². The normalized spacial score (nSPS) is 13.3. The molecule has 0 aromatic heterocycles. The quantitative estimate of drug-likeness (QED) is 0.729. The van der Waals surface area contributed by atoms with Crippen LogP contribution >= 0.6 is 0 Å².